The number of hydrogen-bond acceptors (Lipinski definition) is 4. The van der Waals surface area contributed by atoms with E-state index in [4.69, 9.17) is 0 Å². The third-order valence-corrected chi connectivity index (χ3v) is 4.94. The monoisotopic (exact) mass is 312 g/mol. The minimum absolute atomic E-state index is 0.0936. The largest absolute Gasteiger partial charge is 0.370 e. The number of pyridine rings is 1. The van der Waals surface area contributed by atoms with E-state index in [1.807, 2.05) is 19.1 Å². The summed E-state index contributed by atoms with van der Waals surface area (Å²) in [6, 6.07) is 3.89. The Morgan fingerprint density at radius 2 is 2.00 bits per heavy atom. The lowest BCUT2D eigenvalue weighted by atomic mass is 9.89. The van der Waals surface area contributed by atoms with Crippen LogP contribution in [0.2, 0.25) is 0 Å². The molecule has 0 radical (unpaired) electrons. The molecule has 2 N–H and O–H groups in total. The Hall–Kier alpha value is -2.17. The summed E-state index contributed by atoms with van der Waals surface area (Å²) in [5.41, 5.74) is 2.53. The van der Waals surface area contributed by atoms with Gasteiger partial charge in [0.25, 0.3) is 5.56 Å². The SMILES string of the molecule is Cc1nc(-c2ccc(NCC3(C)CCCC3)nc2)[nH]c(=O)c1C. The lowest BCUT2D eigenvalue weighted by Gasteiger charge is -2.24. The van der Waals surface area contributed by atoms with Crippen LogP contribution in [0.4, 0.5) is 5.82 Å². The number of nitrogens with one attached hydrogen (secondary N) is 2. The first-order valence-corrected chi connectivity index (χ1v) is 8.25. The van der Waals surface area contributed by atoms with Crippen molar-refractivity contribution < 1.29 is 0 Å². The molecule has 1 aliphatic rings. The zero-order valence-corrected chi connectivity index (χ0v) is 14.1. The normalized spacial score (nSPS) is 16.5. The number of rotatable bonds is 4. The molecule has 122 valence electrons. The van der Waals surface area contributed by atoms with Crippen molar-refractivity contribution in [3.8, 4) is 11.4 Å². The molecule has 0 aliphatic heterocycles. The molecule has 2 aromatic heterocycles. The Morgan fingerprint density at radius 1 is 1.26 bits per heavy atom. The second kappa shape index (κ2) is 6.14. The van der Waals surface area contributed by atoms with Crippen molar-refractivity contribution in [1.82, 2.24) is 15.0 Å². The topological polar surface area (TPSA) is 70.7 Å². The molecule has 23 heavy (non-hydrogen) atoms. The van der Waals surface area contributed by atoms with Gasteiger partial charge in [0, 0.05) is 29.6 Å². The van der Waals surface area contributed by atoms with E-state index in [-0.39, 0.29) is 5.56 Å². The van der Waals surface area contributed by atoms with Gasteiger partial charge in [-0.2, -0.15) is 0 Å². The smallest absolute Gasteiger partial charge is 0.254 e. The quantitative estimate of drug-likeness (QED) is 0.907. The predicted octanol–water partition coefficient (Wildman–Crippen LogP) is 3.44. The van der Waals surface area contributed by atoms with Gasteiger partial charge in [-0.25, -0.2) is 9.97 Å². The van der Waals surface area contributed by atoms with Crippen molar-refractivity contribution in [2.24, 2.45) is 5.41 Å². The van der Waals surface area contributed by atoms with Crippen LogP contribution in [0.3, 0.4) is 0 Å². The van der Waals surface area contributed by atoms with Crippen LogP contribution in [-0.2, 0) is 0 Å². The third kappa shape index (κ3) is 3.44. The highest BCUT2D eigenvalue weighted by atomic mass is 16.1. The molecular formula is C18H24N4O. The highest BCUT2D eigenvalue weighted by Gasteiger charge is 2.28. The number of H-pyrrole nitrogens is 1. The van der Waals surface area contributed by atoms with Crippen LogP contribution in [0.15, 0.2) is 23.1 Å². The van der Waals surface area contributed by atoms with Crippen molar-refractivity contribution >= 4 is 5.82 Å². The molecule has 2 heterocycles. The van der Waals surface area contributed by atoms with E-state index in [2.05, 4.69) is 27.2 Å². The molecule has 0 unspecified atom stereocenters. The Kier molecular flexibility index (Phi) is 4.20. The molecule has 1 aliphatic carbocycles. The van der Waals surface area contributed by atoms with E-state index >= 15 is 0 Å². The van der Waals surface area contributed by atoms with E-state index < -0.39 is 0 Å². The molecule has 0 bridgehead atoms. The molecular weight excluding hydrogens is 288 g/mol. The van der Waals surface area contributed by atoms with Crippen molar-refractivity contribution in [1.29, 1.82) is 0 Å². The Labute approximate surface area is 136 Å². The van der Waals surface area contributed by atoms with Gasteiger partial charge < -0.3 is 10.3 Å². The minimum atomic E-state index is -0.0936. The predicted molar refractivity (Wildman–Crippen MR) is 92.6 cm³/mol. The first-order chi connectivity index (χ1) is 11.0. The number of anilines is 1. The summed E-state index contributed by atoms with van der Waals surface area (Å²) < 4.78 is 0. The van der Waals surface area contributed by atoms with Gasteiger partial charge >= 0.3 is 0 Å². The molecule has 1 saturated carbocycles. The number of aryl methyl sites for hydroxylation is 1. The summed E-state index contributed by atoms with van der Waals surface area (Å²) in [5, 5.41) is 3.43. The van der Waals surface area contributed by atoms with Crippen LogP contribution in [0.1, 0.15) is 43.9 Å². The molecule has 1 fully saturated rings. The summed E-state index contributed by atoms with van der Waals surface area (Å²) in [5.74, 6) is 1.44. The zero-order chi connectivity index (χ0) is 16.4. The van der Waals surface area contributed by atoms with Gasteiger partial charge in [-0.1, -0.05) is 19.8 Å². The van der Waals surface area contributed by atoms with Gasteiger partial charge in [-0.05, 0) is 44.2 Å². The highest BCUT2D eigenvalue weighted by Crippen LogP contribution is 2.37. The van der Waals surface area contributed by atoms with Crippen molar-refractivity contribution in [2.45, 2.75) is 46.5 Å². The average Bonchev–Trinajstić information content (AvgIpc) is 2.98. The zero-order valence-electron chi connectivity index (χ0n) is 14.1. The van der Waals surface area contributed by atoms with E-state index in [9.17, 15) is 4.79 Å². The number of nitrogens with zero attached hydrogens (tertiary/aromatic N) is 2. The van der Waals surface area contributed by atoms with Gasteiger partial charge in [-0.3, -0.25) is 4.79 Å². The van der Waals surface area contributed by atoms with E-state index in [1.165, 1.54) is 25.7 Å². The first kappa shape index (κ1) is 15.7. The summed E-state index contributed by atoms with van der Waals surface area (Å²) >= 11 is 0. The van der Waals surface area contributed by atoms with Gasteiger partial charge in [0.05, 0.1) is 0 Å². The standard InChI is InChI=1S/C18H24N4O/c1-12-13(2)21-16(22-17(12)23)14-6-7-15(19-10-14)20-11-18(3)8-4-5-9-18/h6-7,10H,4-5,8-9,11H2,1-3H3,(H,19,20)(H,21,22,23). The van der Waals surface area contributed by atoms with E-state index in [0.29, 0.717) is 16.8 Å². The Bertz CT molecular complexity index is 743. The molecule has 5 nitrogen and oxygen atoms in total. The number of aromatic nitrogens is 3. The van der Waals surface area contributed by atoms with Crippen LogP contribution in [0, 0.1) is 19.3 Å². The van der Waals surface area contributed by atoms with Crippen LogP contribution in [0.5, 0.6) is 0 Å². The van der Waals surface area contributed by atoms with Gasteiger partial charge in [0.1, 0.15) is 11.6 Å². The Morgan fingerprint density at radius 3 is 2.61 bits per heavy atom. The number of aromatic amines is 1. The second-order valence-corrected chi connectivity index (χ2v) is 6.93. The van der Waals surface area contributed by atoms with Crippen LogP contribution >= 0.6 is 0 Å². The molecule has 0 atom stereocenters. The van der Waals surface area contributed by atoms with Crippen molar-refractivity contribution in [3.05, 3.63) is 39.9 Å². The lowest BCUT2D eigenvalue weighted by Crippen LogP contribution is -2.23. The minimum Gasteiger partial charge on any atom is -0.370 e. The maximum Gasteiger partial charge on any atom is 0.254 e. The molecule has 0 aromatic carbocycles. The number of hydrogen-bond donors (Lipinski definition) is 2. The van der Waals surface area contributed by atoms with Gasteiger partial charge in [0.15, 0.2) is 0 Å². The third-order valence-electron chi connectivity index (χ3n) is 4.94. The van der Waals surface area contributed by atoms with Gasteiger partial charge in [0.2, 0.25) is 0 Å². The van der Waals surface area contributed by atoms with Crippen LogP contribution < -0.4 is 10.9 Å². The summed E-state index contributed by atoms with van der Waals surface area (Å²) in [6.07, 6.45) is 6.98. The van der Waals surface area contributed by atoms with Crippen molar-refractivity contribution in [2.75, 3.05) is 11.9 Å². The molecule has 5 heteroatoms. The Balaban J connectivity index is 1.73. The fourth-order valence-corrected chi connectivity index (χ4v) is 3.13. The van der Waals surface area contributed by atoms with Crippen molar-refractivity contribution in [3.63, 3.8) is 0 Å². The fraction of sp³-hybridized carbons (Fsp3) is 0.500. The maximum absolute atomic E-state index is 11.9. The van der Waals surface area contributed by atoms with Crippen LogP contribution in [0.25, 0.3) is 11.4 Å². The summed E-state index contributed by atoms with van der Waals surface area (Å²) in [6.45, 7) is 6.92. The van der Waals surface area contributed by atoms with E-state index in [0.717, 1.165) is 23.6 Å². The molecule has 2 aromatic rings. The molecule has 0 saturated heterocycles. The molecule has 3 rings (SSSR count). The fourth-order valence-electron chi connectivity index (χ4n) is 3.13. The summed E-state index contributed by atoms with van der Waals surface area (Å²) in [7, 11) is 0. The summed E-state index contributed by atoms with van der Waals surface area (Å²) in [4.78, 5) is 23.6. The highest BCUT2D eigenvalue weighted by molar-refractivity contribution is 5.56. The lowest BCUT2D eigenvalue weighted by molar-refractivity contribution is 0.361. The molecule has 0 amide bonds. The van der Waals surface area contributed by atoms with E-state index in [1.54, 1.807) is 13.1 Å². The maximum atomic E-state index is 11.9. The first-order valence-electron chi connectivity index (χ1n) is 8.25. The second-order valence-electron chi connectivity index (χ2n) is 6.93. The van der Waals surface area contributed by atoms with Gasteiger partial charge in [-0.15, -0.1) is 0 Å². The molecule has 0 spiro atoms. The average molecular weight is 312 g/mol. The van der Waals surface area contributed by atoms with Crippen LogP contribution in [-0.4, -0.2) is 21.5 Å².